The molecule has 4 nitrogen and oxygen atoms in total. The standard InChI is InChI=1S/C12H23N3O/c1-2-9-3-4-10(7-9)15-6-5-14-8-11(15)12(13)16/h9-11,14H,2-8H2,1H3,(H2,13,16). The molecule has 0 aromatic heterocycles. The van der Waals surface area contributed by atoms with Crippen molar-refractivity contribution in [2.75, 3.05) is 19.6 Å². The molecule has 0 radical (unpaired) electrons. The summed E-state index contributed by atoms with van der Waals surface area (Å²) in [6, 6.07) is 0.499. The van der Waals surface area contributed by atoms with Crippen molar-refractivity contribution in [2.24, 2.45) is 11.7 Å². The monoisotopic (exact) mass is 225 g/mol. The maximum atomic E-state index is 11.4. The van der Waals surface area contributed by atoms with E-state index in [4.69, 9.17) is 5.73 Å². The Labute approximate surface area is 97.6 Å². The van der Waals surface area contributed by atoms with Gasteiger partial charge in [0.25, 0.3) is 0 Å². The van der Waals surface area contributed by atoms with Gasteiger partial charge in [0, 0.05) is 25.7 Å². The first-order chi connectivity index (χ1) is 7.72. The van der Waals surface area contributed by atoms with Crippen LogP contribution < -0.4 is 11.1 Å². The average molecular weight is 225 g/mol. The maximum absolute atomic E-state index is 11.4. The molecular formula is C12H23N3O. The van der Waals surface area contributed by atoms with E-state index in [-0.39, 0.29) is 11.9 Å². The molecule has 0 aromatic carbocycles. The number of rotatable bonds is 3. The van der Waals surface area contributed by atoms with Gasteiger partial charge in [-0.2, -0.15) is 0 Å². The zero-order chi connectivity index (χ0) is 11.5. The van der Waals surface area contributed by atoms with Crippen LogP contribution in [0, 0.1) is 5.92 Å². The zero-order valence-electron chi connectivity index (χ0n) is 10.1. The SMILES string of the molecule is CCC1CCC(N2CCNCC2C(N)=O)C1. The smallest absolute Gasteiger partial charge is 0.236 e. The van der Waals surface area contributed by atoms with E-state index in [9.17, 15) is 4.79 Å². The highest BCUT2D eigenvalue weighted by atomic mass is 16.1. The van der Waals surface area contributed by atoms with E-state index < -0.39 is 0 Å². The summed E-state index contributed by atoms with van der Waals surface area (Å²) in [6.07, 6.45) is 5.07. The fourth-order valence-electron chi connectivity index (χ4n) is 3.14. The molecule has 2 fully saturated rings. The van der Waals surface area contributed by atoms with Crippen molar-refractivity contribution in [1.29, 1.82) is 0 Å². The Kier molecular flexibility index (Phi) is 3.82. The van der Waals surface area contributed by atoms with E-state index in [1.807, 2.05) is 0 Å². The van der Waals surface area contributed by atoms with E-state index in [0.717, 1.165) is 25.6 Å². The van der Waals surface area contributed by atoms with Gasteiger partial charge in [0.1, 0.15) is 6.04 Å². The van der Waals surface area contributed by atoms with Gasteiger partial charge in [-0.05, 0) is 25.2 Å². The molecule has 1 amide bonds. The molecule has 0 bridgehead atoms. The van der Waals surface area contributed by atoms with Crippen LogP contribution in [-0.4, -0.2) is 42.5 Å². The van der Waals surface area contributed by atoms with Gasteiger partial charge in [0.05, 0.1) is 0 Å². The third-order valence-corrected chi connectivity index (χ3v) is 4.17. The molecule has 1 saturated heterocycles. The van der Waals surface area contributed by atoms with Crippen molar-refractivity contribution in [1.82, 2.24) is 10.2 Å². The Bertz CT molecular complexity index is 257. The van der Waals surface area contributed by atoms with Gasteiger partial charge in [-0.3, -0.25) is 9.69 Å². The number of nitrogens with one attached hydrogen (secondary N) is 1. The van der Waals surface area contributed by atoms with E-state index >= 15 is 0 Å². The van der Waals surface area contributed by atoms with Crippen molar-refractivity contribution in [2.45, 2.75) is 44.7 Å². The van der Waals surface area contributed by atoms with Gasteiger partial charge in [-0.15, -0.1) is 0 Å². The molecular weight excluding hydrogens is 202 g/mol. The third-order valence-electron chi connectivity index (χ3n) is 4.17. The topological polar surface area (TPSA) is 58.4 Å². The molecule has 3 N–H and O–H groups in total. The predicted molar refractivity (Wildman–Crippen MR) is 64.0 cm³/mol. The normalized spacial score (nSPS) is 36.4. The molecule has 1 saturated carbocycles. The van der Waals surface area contributed by atoms with E-state index in [1.165, 1.54) is 25.7 Å². The molecule has 2 rings (SSSR count). The van der Waals surface area contributed by atoms with Crippen molar-refractivity contribution in [3.8, 4) is 0 Å². The largest absolute Gasteiger partial charge is 0.368 e. The molecule has 1 heterocycles. The molecule has 1 aliphatic heterocycles. The minimum absolute atomic E-state index is 0.0886. The van der Waals surface area contributed by atoms with Gasteiger partial charge in [-0.25, -0.2) is 0 Å². The molecule has 1 aliphatic carbocycles. The highest BCUT2D eigenvalue weighted by Gasteiger charge is 2.35. The van der Waals surface area contributed by atoms with E-state index in [2.05, 4.69) is 17.1 Å². The number of amides is 1. The lowest BCUT2D eigenvalue weighted by atomic mass is 10.0. The maximum Gasteiger partial charge on any atom is 0.236 e. The van der Waals surface area contributed by atoms with Gasteiger partial charge < -0.3 is 11.1 Å². The van der Waals surface area contributed by atoms with Crippen LogP contribution in [0.4, 0.5) is 0 Å². The summed E-state index contributed by atoms with van der Waals surface area (Å²) in [5.41, 5.74) is 5.47. The predicted octanol–water partition coefficient (Wildman–Crippen LogP) is 0.324. The molecule has 92 valence electrons. The number of nitrogens with two attached hydrogens (primary N) is 1. The quantitative estimate of drug-likeness (QED) is 0.727. The minimum atomic E-state index is -0.174. The van der Waals surface area contributed by atoms with Crippen LogP contribution in [0.15, 0.2) is 0 Å². The Morgan fingerprint density at radius 2 is 2.31 bits per heavy atom. The summed E-state index contributed by atoms with van der Waals surface area (Å²) in [4.78, 5) is 13.8. The van der Waals surface area contributed by atoms with Gasteiger partial charge in [0.15, 0.2) is 0 Å². The number of carbonyl (C=O) groups is 1. The number of piperazine rings is 1. The minimum Gasteiger partial charge on any atom is -0.368 e. The van der Waals surface area contributed by atoms with Crippen LogP contribution in [0.1, 0.15) is 32.6 Å². The second-order valence-corrected chi connectivity index (χ2v) is 5.10. The van der Waals surface area contributed by atoms with E-state index in [1.54, 1.807) is 0 Å². The van der Waals surface area contributed by atoms with Gasteiger partial charge in [-0.1, -0.05) is 13.3 Å². The number of carbonyl (C=O) groups excluding carboxylic acids is 1. The number of nitrogens with zero attached hydrogens (tertiary/aromatic N) is 1. The highest BCUT2D eigenvalue weighted by Crippen LogP contribution is 2.32. The van der Waals surface area contributed by atoms with Crippen LogP contribution in [-0.2, 0) is 4.79 Å². The highest BCUT2D eigenvalue weighted by molar-refractivity contribution is 5.80. The molecule has 0 spiro atoms. The van der Waals surface area contributed by atoms with Crippen LogP contribution in [0.5, 0.6) is 0 Å². The van der Waals surface area contributed by atoms with Gasteiger partial charge in [0.2, 0.25) is 5.91 Å². The van der Waals surface area contributed by atoms with E-state index in [0.29, 0.717) is 6.04 Å². The lowest BCUT2D eigenvalue weighted by molar-refractivity contribution is -0.124. The number of hydrogen-bond acceptors (Lipinski definition) is 3. The molecule has 2 aliphatic rings. The lowest BCUT2D eigenvalue weighted by Gasteiger charge is -2.38. The molecule has 16 heavy (non-hydrogen) atoms. The van der Waals surface area contributed by atoms with Crippen LogP contribution in [0.3, 0.4) is 0 Å². The summed E-state index contributed by atoms with van der Waals surface area (Å²) in [7, 11) is 0. The first-order valence-electron chi connectivity index (χ1n) is 6.48. The summed E-state index contributed by atoms with van der Waals surface area (Å²) >= 11 is 0. The Balaban J connectivity index is 1.98. The number of hydrogen-bond donors (Lipinski definition) is 2. The van der Waals surface area contributed by atoms with Crippen LogP contribution >= 0.6 is 0 Å². The van der Waals surface area contributed by atoms with Crippen molar-refractivity contribution in [3.05, 3.63) is 0 Å². The Morgan fingerprint density at radius 3 is 2.94 bits per heavy atom. The summed E-state index contributed by atoms with van der Waals surface area (Å²) in [5, 5.41) is 3.25. The fourth-order valence-corrected chi connectivity index (χ4v) is 3.14. The molecule has 4 heteroatoms. The van der Waals surface area contributed by atoms with Crippen LogP contribution in [0.25, 0.3) is 0 Å². The summed E-state index contributed by atoms with van der Waals surface area (Å²) < 4.78 is 0. The first kappa shape index (κ1) is 11.9. The lowest BCUT2D eigenvalue weighted by Crippen LogP contribution is -2.59. The zero-order valence-corrected chi connectivity index (χ0v) is 10.1. The summed E-state index contributed by atoms with van der Waals surface area (Å²) in [6.45, 7) is 4.94. The van der Waals surface area contributed by atoms with Crippen molar-refractivity contribution in [3.63, 3.8) is 0 Å². The van der Waals surface area contributed by atoms with Crippen LogP contribution in [0.2, 0.25) is 0 Å². The fraction of sp³-hybridized carbons (Fsp3) is 0.917. The summed E-state index contributed by atoms with van der Waals surface area (Å²) in [5.74, 6) is 0.681. The number of primary amides is 1. The Hall–Kier alpha value is -0.610. The van der Waals surface area contributed by atoms with Crippen molar-refractivity contribution >= 4 is 5.91 Å². The average Bonchev–Trinajstić information content (AvgIpc) is 2.77. The first-order valence-corrected chi connectivity index (χ1v) is 6.48. The molecule has 3 atom stereocenters. The van der Waals surface area contributed by atoms with Gasteiger partial charge >= 0.3 is 0 Å². The van der Waals surface area contributed by atoms with Crippen molar-refractivity contribution < 1.29 is 4.79 Å². The Morgan fingerprint density at radius 1 is 1.50 bits per heavy atom. The molecule has 3 unspecified atom stereocenters. The third kappa shape index (κ3) is 2.38. The second kappa shape index (κ2) is 5.15. The molecule has 0 aromatic rings. The second-order valence-electron chi connectivity index (χ2n) is 5.10.